The highest BCUT2D eigenvalue weighted by Gasteiger charge is 2.35. The minimum absolute atomic E-state index is 0.198. The van der Waals surface area contributed by atoms with Crippen LogP contribution in [0.1, 0.15) is 25.3 Å². The average Bonchev–Trinajstić information content (AvgIpc) is 2.88. The van der Waals surface area contributed by atoms with Gasteiger partial charge in [0, 0.05) is 23.0 Å². The average molecular weight is 342 g/mol. The van der Waals surface area contributed by atoms with Gasteiger partial charge in [0.2, 0.25) is 0 Å². The third-order valence-electron chi connectivity index (χ3n) is 3.92. The van der Waals surface area contributed by atoms with Crippen molar-refractivity contribution in [3.05, 3.63) is 28.2 Å². The first-order valence-electron chi connectivity index (χ1n) is 7.30. The van der Waals surface area contributed by atoms with Gasteiger partial charge in [0.15, 0.2) is 0 Å². The van der Waals surface area contributed by atoms with Crippen molar-refractivity contribution in [2.24, 2.45) is 5.41 Å². The first-order chi connectivity index (χ1) is 9.69. The van der Waals surface area contributed by atoms with Crippen molar-refractivity contribution in [2.45, 2.75) is 26.2 Å². The van der Waals surface area contributed by atoms with E-state index in [1.807, 2.05) is 12.1 Å². The number of halogens is 1. The Bertz CT molecular complexity index is 430. The second-order valence-electron chi connectivity index (χ2n) is 5.61. The molecule has 1 unspecified atom stereocenters. The smallest absolute Gasteiger partial charge is 0.122 e. The van der Waals surface area contributed by atoms with E-state index >= 15 is 0 Å². The normalized spacial score (nSPS) is 22.1. The molecule has 1 aliphatic heterocycles. The summed E-state index contributed by atoms with van der Waals surface area (Å²) in [6.07, 6.45) is 3.27. The number of benzene rings is 1. The van der Waals surface area contributed by atoms with Crippen LogP contribution in [-0.4, -0.2) is 33.4 Å². The second kappa shape index (κ2) is 7.43. The molecule has 112 valence electrons. The van der Waals surface area contributed by atoms with Crippen molar-refractivity contribution in [3.8, 4) is 5.75 Å². The molecule has 4 heteroatoms. The maximum Gasteiger partial charge on any atom is 0.122 e. The summed E-state index contributed by atoms with van der Waals surface area (Å²) in [5, 5.41) is 3.56. The van der Waals surface area contributed by atoms with Crippen LogP contribution in [0.4, 0.5) is 0 Å². The third kappa shape index (κ3) is 3.96. The lowest BCUT2D eigenvalue weighted by Gasteiger charge is -2.28. The quantitative estimate of drug-likeness (QED) is 0.771. The van der Waals surface area contributed by atoms with Gasteiger partial charge in [-0.15, -0.1) is 0 Å². The third-order valence-corrected chi connectivity index (χ3v) is 4.41. The highest BCUT2D eigenvalue weighted by Crippen LogP contribution is 2.36. The Morgan fingerprint density at radius 1 is 1.45 bits per heavy atom. The van der Waals surface area contributed by atoms with Crippen molar-refractivity contribution in [3.63, 3.8) is 0 Å². The molecule has 1 saturated heterocycles. The topological polar surface area (TPSA) is 30.5 Å². The summed E-state index contributed by atoms with van der Waals surface area (Å²) in [7, 11) is 1.74. The summed E-state index contributed by atoms with van der Waals surface area (Å²) in [6, 6.07) is 6.22. The van der Waals surface area contributed by atoms with E-state index in [1.54, 1.807) is 7.11 Å². The highest BCUT2D eigenvalue weighted by atomic mass is 79.9. The standard InChI is InChI=1S/C16H24BrNO2/c1-3-7-18-11-16(6-8-20-12-16)10-13-9-14(17)4-5-15(13)19-2/h4-5,9,18H,3,6-8,10-12H2,1-2H3. The van der Waals surface area contributed by atoms with E-state index in [0.717, 1.165) is 55.8 Å². The molecule has 0 aliphatic carbocycles. The van der Waals surface area contributed by atoms with Gasteiger partial charge in [0.25, 0.3) is 0 Å². The van der Waals surface area contributed by atoms with Crippen molar-refractivity contribution >= 4 is 15.9 Å². The predicted octanol–water partition coefficient (Wildman–Crippen LogP) is 3.41. The van der Waals surface area contributed by atoms with E-state index in [1.165, 1.54) is 5.56 Å². The first kappa shape index (κ1) is 15.8. The van der Waals surface area contributed by atoms with Crippen LogP contribution in [0.5, 0.6) is 5.75 Å². The van der Waals surface area contributed by atoms with Gasteiger partial charge in [-0.2, -0.15) is 0 Å². The lowest BCUT2D eigenvalue weighted by Crippen LogP contribution is -2.37. The summed E-state index contributed by atoms with van der Waals surface area (Å²) in [5.74, 6) is 0.968. The minimum atomic E-state index is 0.198. The van der Waals surface area contributed by atoms with Crippen LogP contribution < -0.4 is 10.1 Å². The summed E-state index contributed by atoms with van der Waals surface area (Å²) in [6.45, 7) is 5.97. The molecule has 0 saturated carbocycles. The molecule has 1 aliphatic rings. The molecular formula is C16H24BrNO2. The Hall–Kier alpha value is -0.580. The SMILES string of the molecule is CCCNCC1(Cc2cc(Br)ccc2OC)CCOC1. The fraction of sp³-hybridized carbons (Fsp3) is 0.625. The number of methoxy groups -OCH3 is 1. The van der Waals surface area contributed by atoms with Gasteiger partial charge in [-0.3, -0.25) is 0 Å². The molecule has 1 aromatic rings. The van der Waals surface area contributed by atoms with E-state index in [2.05, 4.69) is 34.2 Å². The number of hydrogen-bond donors (Lipinski definition) is 1. The van der Waals surface area contributed by atoms with Gasteiger partial charge in [-0.25, -0.2) is 0 Å². The fourth-order valence-corrected chi connectivity index (χ4v) is 3.22. The zero-order valence-electron chi connectivity index (χ0n) is 12.4. The lowest BCUT2D eigenvalue weighted by molar-refractivity contribution is 0.149. The Morgan fingerprint density at radius 3 is 2.95 bits per heavy atom. The van der Waals surface area contributed by atoms with Crippen molar-refractivity contribution < 1.29 is 9.47 Å². The van der Waals surface area contributed by atoms with Crippen LogP contribution in [-0.2, 0) is 11.2 Å². The van der Waals surface area contributed by atoms with E-state index in [9.17, 15) is 0 Å². The Balaban J connectivity index is 2.13. The molecule has 1 N–H and O–H groups in total. The monoisotopic (exact) mass is 341 g/mol. The summed E-state index contributed by atoms with van der Waals surface area (Å²) >= 11 is 3.55. The molecule has 0 spiro atoms. The van der Waals surface area contributed by atoms with E-state index in [4.69, 9.17) is 9.47 Å². The molecule has 2 rings (SSSR count). The van der Waals surface area contributed by atoms with Crippen LogP contribution in [0.25, 0.3) is 0 Å². The van der Waals surface area contributed by atoms with Crippen LogP contribution in [0, 0.1) is 5.41 Å². The van der Waals surface area contributed by atoms with Gasteiger partial charge < -0.3 is 14.8 Å². The van der Waals surface area contributed by atoms with E-state index < -0.39 is 0 Å². The molecule has 0 aromatic heterocycles. The Labute approximate surface area is 130 Å². The number of ether oxygens (including phenoxy) is 2. The molecule has 0 bridgehead atoms. The number of hydrogen-bond acceptors (Lipinski definition) is 3. The molecule has 1 aromatic carbocycles. The minimum Gasteiger partial charge on any atom is -0.496 e. The number of rotatable bonds is 7. The molecule has 0 amide bonds. The maximum absolute atomic E-state index is 5.67. The van der Waals surface area contributed by atoms with Crippen molar-refractivity contribution in [1.82, 2.24) is 5.32 Å². The van der Waals surface area contributed by atoms with Crippen LogP contribution in [0.3, 0.4) is 0 Å². The van der Waals surface area contributed by atoms with Gasteiger partial charge in [0.05, 0.1) is 13.7 Å². The van der Waals surface area contributed by atoms with Crippen LogP contribution >= 0.6 is 15.9 Å². The Morgan fingerprint density at radius 2 is 2.30 bits per heavy atom. The molecule has 20 heavy (non-hydrogen) atoms. The van der Waals surface area contributed by atoms with Crippen molar-refractivity contribution in [2.75, 3.05) is 33.4 Å². The predicted molar refractivity (Wildman–Crippen MR) is 85.4 cm³/mol. The lowest BCUT2D eigenvalue weighted by atomic mass is 9.80. The van der Waals surface area contributed by atoms with Crippen LogP contribution in [0.15, 0.2) is 22.7 Å². The largest absolute Gasteiger partial charge is 0.496 e. The zero-order valence-corrected chi connectivity index (χ0v) is 14.0. The van der Waals surface area contributed by atoms with Gasteiger partial charge in [0.1, 0.15) is 5.75 Å². The molecule has 3 nitrogen and oxygen atoms in total. The molecule has 1 atom stereocenters. The summed E-state index contributed by atoms with van der Waals surface area (Å²) in [4.78, 5) is 0. The molecular weight excluding hydrogens is 318 g/mol. The Kier molecular flexibility index (Phi) is 5.87. The molecule has 1 fully saturated rings. The van der Waals surface area contributed by atoms with E-state index in [0.29, 0.717) is 0 Å². The summed E-state index contributed by atoms with van der Waals surface area (Å²) in [5.41, 5.74) is 1.45. The highest BCUT2D eigenvalue weighted by molar-refractivity contribution is 9.10. The van der Waals surface area contributed by atoms with Crippen molar-refractivity contribution in [1.29, 1.82) is 0 Å². The van der Waals surface area contributed by atoms with Crippen LogP contribution in [0.2, 0.25) is 0 Å². The van der Waals surface area contributed by atoms with E-state index in [-0.39, 0.29) is 5.41 Å². The number of nitrogens with one attached hydrogen (secondary N) is 1. The zero-order chi connectivity index (χ0) is 14.4. The first-order valence-corrected chi connectivity index (χ1v) is 8.09. The maximum atomic E-state index is 5.67. The van der Waals surface area contributed by atoms with Gasteiger partial charge in [-0.05, 0) is 49.6 Å². The van der Waals surface area contributed by atoms with Gasteiger partial charge in [-0.1, -0.05) is 22.9 Å². The molecule has 0 radical (unpaired) electrons. The second-order valence-corrected chi connectivity index (χ2v) is 6.53. The molecule has 1 heterocycles. The fourth-order valence-electron chi connectivity index (χ4n) is 2.81. The van der Waals surface area contributed by atoms with Gasteiger partial charge >= 0.3 is 0 Å². The summed E-state index contributed by atoms with van der Waals surface area (Å²) < 4.78 is 12.3.